The van der Waals surface area contributed by atoms with E-state index in [1.54, 1.807) is 13.0 Å². The first-order chi connectivity index (χ1) is 4.63. The third-order valence-corrected chi connectivity index (χ3v) is 1.46. The van der Waals surface area contributed by atoms with Gasteiger partial charge in [0.25, 0.3) is 0 Å². The van der Waals surface area contributed by atoms with Crippen molar-refractivity contribution in [1.82, 2.24) is 0 Å². The molecule has 0 amide bonds. The highest BCUT2D eigenvalue weighted by Crippen LogP contribution is 2.09. The van der Waals surface area contributed by atoms with E-state index < -0.39 is 5.82 Å². The molecule has 0 heterocycles. The summed E-state index contributed by atoms with van der Waals surface area (Å²) in [6.07, 6.45) is 0. The van der Waals surface area contributed by atoms with E-state index in [1.165, 1.54) is 6.07 Å². The summed E-state index contributed by atoms with van der Waals surface area (Å²) in [6, 6.07) is 3.20. The van der Waals surface area contributed by atoms with E-state index in [2.05, 4.69) is 0 Å². The lowest BCUT2D eigenvalue weighted by molar-refractivity contribution is 0.617. The van der Waals surface area contributed by atoms with Crippen LogP contribution in [0.1, 0.15) is 12.5 Å². The summed E-state index contributed by atoms with van der Waals surface area (Å²) in [4.78, 5) is 0. The minimum Gasteiger partial charge on any atom is -0.207 e. The molecule has 0 aliphatic carbocycles. The molecule has 0 nitrogen and oxygen atoms in total. The zero-order chi connectivity index (χ0) is 7.72. The molecule has 0 unspecified atom stereocenters. The Bertz CT molecular complexity index is 229. The van der Waals surface area contributed by atoms with Crippen LogP contribution in [-0.2, 0) is 0 Å². The number of aryl methyl sites for hydroxylation is 1. The van der Waals surface area contributed by atoms with Crippen molar-refractivity contribution < 1.29 is 5.76 Å². The molecule has 0 fully saturated rings. The summed E-state index contributed by atoms with van der Waals surface area (Å²) in [7, 11) is 0. The van der Waals surface area contributed by atoms with Crippen LogP contribution < -0.4 is 0 Å². The van der Waals surface area contributed by atoms with Crippen molar-refractivity contribution in [3.05, 3.63) is 35.1 Å². The maximum atomic E-state index is 12.8. The van der Waals surface area contributed by atoms with Gasteiger partial charge in [-0.3, -0.25) is 0 Å². The van der Waals surface area contributed by atoms with Crippen LogP contribution in [0.3, 0.4) is 0 Å². The molecule has 0 bridgehead atoms. The fraction of sp³-hybridized carbons (Fsp3) is 0.250. The van der Waals surface area contributed by atoms with Gasteiger partial charge in [-0.1, -0.05) is 12.1 Å². The van der Waals surface area contributed by atoms with Gasteiger partial charge >= 0.3 is 0 Å². The van der Waals surface area contributed by atoms with Crippen molar-refractivity contribution in [3.63, 3.8) is 0 Å². The second-order valence-corrected chi connectivity index (χ2v) is 2.10. The summed E-state index contributed by atoms with van der Waals surface area (Å²) >= 11 is 0. The monoisotopic (exact) mass is 125 g/mol. The molecule has 0 saturated heterocycles. The van der Waals surface area contributed by atoms with Crippen LogP contribution in [-0.4, -0.2) is 0 Å². The lowest BCUT2D eigenvalue weighted by Crippen LogP contribution is -1.83. The highest BCUT2D eigenvalue weighted by atomic mass is 19.1. The Balaban J connectivity index is 3.34. The van der Waals surface area contributed by atoms with Gasteiger partial charge in [-0.15, -0.1) is 0 Å². The largest absolute Gasteiger partial charge is 0.207 e. The fourth-order valence-corrected chi connectivity index (χ4v) is 0.646. The Morgan fingerprint density at radius 1 is 1.56 bits per heavy atom. The van der Waals surface area contributed by atoms with E-state index in [0.717, 1.165) is 5.56 Å². The molecule has 1 rings (SSSR count). The van der Waals surface area contributed by atoms with E-state index in [1.807, 2.05) is 6.92 Å². The lowest BCUT2D eigenvalue weighted by Gasteiger charge is -1.97. The van der Waals surface area contributed by atoms with Gasteiger partial charge in [-0.05, 0) is 31.0 Å². The topological polar surface area (TPSA) is 0 Å². The molecule has 0 aliphatic heterocycles. The van der Waals surface area contributed by atoms with E-state index in [-0.39, 0.29) is 6.04 Å². The molecule has 0 aliphatic rings. The second kappa shape index (κ2) is 2.18. The van der Waals surface area contributed by atoms with Gasteiger partial charge in [0.05, 0.1) is 1.37 Å². The average Bonchev–Trinajstić information content (AvgIpc) is 1.93. The molecule has 0 N–H and O–H groups in total. The van der Waals surface area contributed by atoms with Gasteiger partial charge in [0.15, 0.2) is 0 Å². The third kappa shape index (κ3) is 1.10. The molecule has 0 saturated carbocycles. The number of hydrogen-bond donors (Lipinski definition) is 0. The van der Waals surface area contributed by atoms with Crippen molar-refractivity contribution >= 4 is 0 Å². The summed E-state index contributed by atoms with van der Waals surface area (Å²) < 4.78 is 19.9. The predicted octanol–water partition coefficient (Wildman–Crippen LogP) is 2.44. The molecular weight excluding hydrogens is 115 g/mol. The SMILES string of the molecule is [2H]c1ccc(C)c(C)c1F. The Kier molecular flexibility index (Phi) is 1.20. The van der Waals surface area contributed by atoms with Crippen LogP contribution in [0, 0.1) is 19.7 Å². The van der Waals surface area contributed by atoms with Crippen LogP contribution >= 0.6 is 0 Å². The summed E-state index contributed by atoms with van der Waals surface area (Å²) in [6.45, 7) is 3.51. The summed E-state index contributed by atoms with van der Waals surface area (Å²) in [5, 5.41) is 0. The molecule has 0 atom stereocenters. The Morgan fingerprint density at radius 2 is 2.22 bits per heavy atom. The molecule has 9 heavy (non-hydrogen) atoms. The maximum Gasteiger partial charge on any atom is 0.126 e. The van der Waals surface area contributed by atoms with Crippen molar-refractivity contribution in [2.45, 2.75) is 13.8 Å². The molecule has 1 heteroatoms. The number of halogens is 1. The van der Waals surface area contributed by atoms with Gasteiger partial charge in [0.2, 0.25) is 0 Å². The molecule has 1 aromatic rings. The first kappa shape index (κ1) is 4.98. The first-order valence-corrected chi connectivity index (χ1v) is 2.85. The fourth-order valence-electron chi connectivity index (χ4n) is 0.646. The standard InChI is InChI=1S/C8H9F/c1-6-4-3-5-8(9)7(6)2/h3-5H,1-2H3/i5D. The third-order valence-electron chi connectivity index (χ3n) is 1.46. The van der Waals surface area contributed by atoms with Crippen molar-refractivity contribution in [2.24, 2.45) is 0 Å². The highest BCUT2D eigenvalue weighted by molar-refractivity contribution is 5.25. The molecular formula is C8H9F. The van der Waals surface area contributed by atoms with Crippen LogP contribution in [0.25, 0.3) is 0 Å². The normalized spacial score (nSPS) is 11.2. The minimum atomic E-state index is -0.403. The number of benzene rings is 1. The quantitative estimate of drug-likeness (QED) is 0.499. The van der Waals surface area contributed by atoms with Gasteiger partial charge in [0, 0.05) is 0 Å². The lowest BCUT2D eigenvalue weighted by atomic mass is 10.1. The van der Waals surface area contributed by atoms with Gasteiger partial charge in [-0.25, -0.2) is 4.39 Å². The molecule has 1 aromatic carbocycles. The summed E-state index contributed by atoms with van der Waals surface area (Å²) in [5.74, 6) is -0.403. The highest BCUT2D eigenvalue weighted by Gasteiger charge is 1.95. The van der Waals surface area contributed by atoms with Crippen molar-refractivity contribution in [3.8, 4) is 0 Å². The maximum absolute atomic E-state index is 12.8. The molecule has 0 aromatic heterocycles. The molecule has 0 radical (unpaired) electrons. The minimum absolute atomic E-state index is 0.0249. The van der Waals surface area contributed by atoms with E-state index in [4.69, 9.17) is 1.37 Å². The Hall–Kier alpha value is -0.850. The van der Waals surface area contributed by atoms with Gasteiger partial charge in [-0.2, -0.15) is 0 Å². The summed E-state index contributed by atoms with van der Waals surface area (Å²) in [5.41, 5.74) is 1.47. The molecule has 0 spiro atoms. The van der Waals surface area contributed by atoms with Gasteiger partial charge in [0.1, 0.15) is 5.82 Å². The van der Waals surface area contributed by atoms with Crippen LogP contribution in [0.2, 0.25) is 0 Å². The Labute approximate surface area is 55.7 Å². The van der Waals surface area contributed by atoms with Crippen LogP contribution in [0.4, 0.5) is 4.39 Å². The zero-order valence-corrected chi connectivity index (χ0v) is 5.53. The van der Waals surface area contributed by atoms with E-state index in [0.29, 0.717) is 5.56 Å². The average molecular weight is 125 g/mol. The first-order valence-electron chi connectivity index (χ1n) is 3.35. The van der Waals surface area contributed by atoms with Crippen molar-refractivity contribution in [1.29, 1.82) is 0 Å². The van der Waals surface area contributed by atoms with E-state index in [9.17, 15) is 4.39 Å². The second-order valence-electron chi connectivity index (χ2n) is 2.10. The predicted molar refractivity (Wildman–Crippen MR) is 35.9 cm³/mol. The van der Waals surface area contributed by atoms with Gasteiger partial charge < -0.3 is 0 Å². The van der Waals surface area contributed by atoms with E-state index >= 15 is 0 Å². The zero-order valence-electron chi connectivity index (χ0n) is 6.53. The molecule has 48 valence electrons. The van der Waals surface area contributed by atoms with Crippen LogP contribution in [0.15, 0.2) is 18.2 Å². The Morgan fingerprint density at radius 3 is 2.78 bits per heavy atom. The van der Waals surface area contributed by atoms with Crippen molar-refractivity contribution in [2.75, 3.05) is 0 Å². The number of hydrogen-bond acceptors (Lipinski definition) is 0. The number of rotatable bonds is 0. The smallest absolute Gasteiger partial charge is 0.126 e. The van der Waals surface area contributed by atoms with Crippen LogP contribution in [0.5, 0.6) is 0 Å².